The van der Waals surface area contributed by atoms with Crippen LogP contribution >= 0.6 is 11.9 Å². The van der Waals surface area contributed by atoms with Crippen molar-refractivity contribution in [3.8, 4) is 0 Å². The second-order valence-electron chi connectivity index (χ2n) is 3.54. The normalized spacial score (nSPS) is 32.4. The molecule has 2 aliphatic rings. The van der Waals surface area contributed by atoms with E-state index in [0.29, 0.717) is 17.1 Å². The third kappa shape index (κ3) is 1.24. The second kappa shape index (κ2) is 3.09. The Balaban J connectivity index is 2.20. The first-order chi connectivity index (χ1) is 5.79. The Bertz CT molecular complexity index is 263. The van der Waals surface area contributed by atoms with E-state index in [2.05, 4.69) is 42.5 Å². The van der Waals surface area contributed by atoms with E-state index in [4.69, 9.17) is 0 Å². The molecule has 2 unspecified atom stereocenters. The first-order valence-corrected chi connectivity index (χ1v) is 5.21. The van der Waals surface area contributed by atoms with Crippen molar-refractivity contribution >= 4 is 17.7 Å². The highest BCUT2D eigenvalue weighted by molar-refractivity contribution is 7.99. The van der Waals surface area contributed by atoms with Gasteiger partial charge in [-0.15, -0.1) is 0 Å². The fourth-order valence-corrected chi connectivity index (χ4v) is 2.73. The Morgan fingerprint density at radius 1 is 1.33 bits per heavy atom. The summed E-state index contributed by atoms with van der Waals surface area (Å²) in [6, 6.07) is 0. The summed E-state index contributed by atoms with van der Waals surface area (Å²) in [5, 5.41) is 0.576. The summed E-state index contributed by atoms with van der Waals surface area (Å²) in [5.74, 6) is 1.16. The Morgan fingerprint density at radius 3 is 2.83 bits per heavy atom. The van der Waals surface area contributed by atoms with Crippen molar-refractivity contribution in [1.82, 2.24) is 0 Å². The van der Waals surface area contributed by atoms with Gasteiger partial charge in [0.25, 0.3) is 0 Å². The van der Waals surface area contributed by atoms with Crippen LogP contribution in [-0.2, 0) is 0 Å². The molecule has 0 spiro atoms. The van der Waals surface area contributed by atoms with E-state index in [1.54, 1.807) is 11.9 Å². The molecule has 0 aromatic carbocycles. The molecule has 0 fully saturated rings. The van der Waals surface area contributed by atoms with Crippen LogP contribution in [0.5, 0.6) is 0 Å². The summed E-state index contributed by atoms with van der Waals surface area (Å²) in [4.78, 5) is 0. The van der Waals surface area contributed by atoms with Crippen molar-refractivity contribution in [2.45, 2.75) is 19.1 Å². The van der Waals surface area contributed by atoms with Crippen LogP contribution < -0.4 is 0 Å². The molecule has 1 heterocycles. The minimum atomic E-state index is 0.569. The van der Waals surface area contributed by atoms with E-state index < -0.39 is 0 Å². The summed E-state index contributed by atoms with van der Waals surface area (Å²) in [6.07, 6.45) is 8.76. The van der Waals surface area contributed by atoms with Gasteiger partial charge in [-0.3, -0.25) is 0 Å². The first kappa shape index (κ1) is 8.11. The van der Waals surface area contributed by atoms with Gasteiger partial charge in [-0.05, 0) is 17.9 Å². The van der Waals surface area contributed by atoms with Gasteiger partial charge in [-0.25, -0.2) is 4.40 Å². The Morgan fingerprint density at radius 2 is 2.08 bits per heavy atom. The number of hydrogen-bond acceptors (Lipinski definition) is 2. The number of fused-ring (bicyclic) bond motifs is 1. The largest absolute Gasteiger partial charge is 0.224 e. The van der Waals surface area contributed by atoms with Crippen molar-refractivity contribution in [2.75, 3.05) is 0 Å². The second-order valence-corrected chi connectivity index (χ2v) is 4.47. The molecule has 0 N–H and O–H groups in total. The van der Waals surface area contributed by atoms with Crippen LogP contribution in [0.15, 0.2) is 28.7 Å². The predicted molar refractivity (Wildman–Crippen MR) is 55.4 cm³/mol. The summed E-state index contributed by atoms with van der Waals surface area (Å²) >= 11 is 1.71. The molecule has 1 aliphatic carbocycles. The van der Waals surface area contributed by atoms with Gasteiger partial charge in [0.15, 0.2) is 0 Å². The van der Waals surface area contributed by atoms with Crippen molar-refractivity contribution in [2.24, 2.45) is 16.2 Å². The van der Waals surface area contributed by atoms with E-state index >= 15 is 0 Å². The molecule has 0 amide bonds. The van der Waals surface area contributed by atoms with Gasteiger partial charge in [0.05, 0.1) is 5.25 Å². The fraction of sp³-hybridized carbons (Fsp3) is 0.500. The monoisotopic (exact) mass is 179 g/mol. The maximum Gasteiger partial charge on any atom is 0.0565 e. The average Bonchev–Trinajstić information content (AvgIpc) is 2.47. The number of hydrogen-bond donors (Lipinski definition) is 0. The lowest BCUT2D eigenvalue weighted by Gasteiger charge is -2.17. The average molecular weight is 179 g/mol. The third-order valence-corrected chi connectivity index (χ3v) is 3.31. The minimum absolute atomic E-state index is 0.569. The maximum absolute atomic E-state index is 4.51. The van der Waals surface area contributed by atoms with Crippen molar-refractivity contribution in [3.63, 3.8) is 0 Å². The molecular formula is C10H13NS. The number of nitrogens with zero attached hydrogens (tertiary/aromatic N) is 1. The molecule has 0 aromatic heterocycles. The fourth-order valence-electron chi connectivity index (χ4n) is 1.63. The van der Waals surface area contributed by atoms with Gasteiger partial charge in [-0.2, -0.15) is 0 Å². The lowest BCUT2D eigenvalue weighted by molar-refractivity contribution is 0.790. The predicted octanol–water partition coefficient (Wildman–Crippen LogP) is 2.86. The molecule has 2 rings (SSSR count). The molecule has 12 heavy (non-hydrogen) atoms. The molecule has 0 saturated carbocycles. The molecular weight excluding hydrogens is 166 g/mol. The SMILES string of the molecule is CC(C)C1=NSC2C=CC=CC12. The van der Waals surface area contributed by atoms with Gasteiger partial charge in [0, 0.05) is 11.6 Å². The highest BCUT2D eigenvalue weighted by Crippen LogP contribution is 2.36. The van der Waals surface area contributed by atoms with Crippen molar-refractivity contribution in [1.29, 1.82) is 0 Å². The van der Waals surface area contributed by atoms with Gasteiger partial charge < -0.3 is 0 Å². The number of allylic oxidation sites excluding steroid dienone is 3. The summed E-state index contributed by atoms with van der Waals surface area (Å²) in [5.41, 5.74) is 1.35. The Hall–Kier alpha value is -0.500. The molecule has 0 bridgehead atoms. The zero-order valence-corrected chi connectivity index (χ0v) is 8.21. The van der Waals surface area contributed by atoms with Crippen LogP contribution in [0.25, 0.3) is 0 Å². The first-order valence-electron chi connectivity index (χ1n) is 4.37. The quantitative estimate of drug-likeness (QED) is 0.564. The molecule has 64 valence electrons. The van der Waals surface area contributed by atoms with Crippen LogP contribution in [0, 0.1) is 11.8 Å². The molecule has 0 aromatic rings. The van der Waals surface area contributed by atoms with Crippen LogP contribution in [0.4, 0.5) is 0 Å². The zero-order chi connectivity index (χ0) is 8.55. The standard InChI is InChI=1S/C10H13NS/c1-7(2)10-8-5-3-4-6-9(8)12-11-10/h3-9H,1-2H3. The third-order valence-electron chi connectivity index (χ3n) is 2.30. The molecule has 1 nitrogen and oxygen atoms in total. The lowest BCUT2D eigenvalue weighted by Crippen LogP contribution is -2.22. The summed E-state index contributed by atoms with van der Waals surface area (Å²) in [6.45, 7) is 4.43. The highest BCUT2D eigenvalue weighted by atomic mass is 32.2. The molecule has 0 saturated heterocycles. The van der Waals surface area contributed by atoms with Crippen LogP contribution in [0.1, 0.15) is 13.8 Å². The van der Waals surface area contributed by atoms with Gasteiger partial charge >= 0.3 is 0 Å². The maximum atomic E-state index is 4.51. The summed E-state index contributed by atoms with van der Waals surface area (Å²) in [7, 11) is 0. The van der Waals surface area contributed by atoms with E-state index in [-0.39, 0.29) is 0 Å². The smallest absolute Gasteiger partial charge is 0.0565 e. The van der Waals surface area contributed by atoms with E-state index in [1.807, 2.05) is 0 Å². The topological polar surface area (TPSA) is 12.4 Å². The Labute approximate surface area is 77.8 Å². The van der Waals surface area contributed by atoms with Crippen molar-refractivity contribution < 1.29 is 0 Å². The zero-order valence-electron chi connectivity index (χ0n) is 7.40. The van der Waals surface area contributed by atoms with Crippen LogP contribution in [0.2, 0.25) is 0 Å². The molecule has 2 heteroatoms. The van der Waals surface area contributed by atoms with Crippen molar-refractivity contribution in [3.05, 3.63) is 24.3 Å². The van der Waals surface area contributed by atoms with Gasteiger partial charge in [0.1, 0.15) is 0 Å². The van der Waals surface area contributed by atoms with Crippen LogP contribution in [0.3, 0.4) is 0 Å². The van der Waals surface area contributed by atoms with E-state index in [0.717, 1.165) is 0 Å². The van der Waals surface area contributed by atoms with Gasteiger partial charge in [0.2, 0.25) is 0 Å². The van der Waals surface area contributed by atoms with E-state index in [1.165, 1.54) is 5.71 Å². The summed E-state index contributed by atoms with van der Waals surface area (Å²) < 4.78 is 4.51. The highest BCUT2D eigenvalue weighted by Gasteiger charge is 2.31. The lowest BCUT2D eigenvalue weighted by atomic mass is 9.89. The molecule has 0 radical (unpaired) electrons. The minimum Gasteiger partial charge on any atom is -0.224 e. The van der Waals surface area contributed by atoms with E-state index in [9.17, 15) is 0 Å². The molecule has 2 atom stereocenters. The Kier molecular flexibility index (Phi) is 2.09. The molecule has 1 aliphatic heterocycles. The van der Waals surface area contributed by atoms with Gasteiger partial charge in [-0.1, -0.05) is 38.2 Å². The van der Waals surface area contributed by atoms with Crippen LogP contribution in [-0.4, -0.2) is 11.0 Å². The number of rotatable bonds is 1.